The van der Waals surface area contributed by atoms with Crippen LogP contribution in [0.25, 0.3) is 27.7 Å². The molecule has 36 heavy (non-hydrogen) atoms. The lowest BCUT2D eigenvalue weighted by atomic mass is 9.99. The second-order valence-electron chi connectivity index (χ2n) is 8.26. The highest BCUT2D eigenvalue weighted by Gasteiger charge is 2.23. The Labute approximate surface area is 204 Å². The van der Waals surface area contributed by atoms with E-state index in [0.717, 1.165) is 54.2 Å². The van der Waals surface area contributed by atoms with Crippen LogP contribution in [0, 0.1) is 21.3 Å². The number of nitro benzene ring substituents is 1. The first-order valence-corrected chi connectivity index (χ1v) is 11.1. The molecule has 0 spiro atoms. The van der Waals surface area contributed by atoms with E-state index in [0.29, 0.717) is 16.8 Å². The Hall–Kier alpha value is -4.80. The molecule has 182 valence electrons. The van der Waals surface area contributed by atoms with Crippen LogP contribution in [-0.4, -0.2) is 32.8 Å². The number of para-hydroxylation sites is 1. The number of methoxy groups -OCH3 is 1. The molecule has 0 saturated heterocycles. The fourth-order valence-electron chi connectivity index (χ4n) is 4.59. The quantitative estimate of drug-likeness (QED) is 0.193. The van der Waals surface area contributed by atoms with Crippen LogP contribution in [0.2, 0.25) is 0 Å². The third kappa shape index (κ3) is 3.80. The Morgan fingerprint density at radius 2 is 2.22 bits per heavy atom. The number of nitrogens with one attached hydrogen (secondary N) is 2. The SMILES string of the molecule is COc1cc(F)c([N+](=O)[O-])cc1Nc1ncc(/C(C=N)=C/N)c(-c2cn3c4c(cccc24)CCC3)n1. The van der Waals surface area contributed by atoms with E-state index in [1.165, 1.54) is 25.1 Å². The average molecular weight is 487 g/mol. The number of ether oxygens (including phenoxy) is 1. The molecule has 0 saturated carbocycles. The molecule has 3 heterocycles. The molecule has 0 fully saturated rings. The number of hydrogen-bond acceptors (Lipinski definition) is 8. The lowest BCUT2D eigenvalue weighted by Crippen LogP contribution is -2.06. The van der Waals surface area contributed by atoms with Crippen LogP contribution >= 0.6 is 0 Å². The Bertz CT molecular complexity index is 1560. The van der Waals surface area contributed by atoms with Gasteiger partial charge in [0, 0.05) is 65.6 Å². The topological polar surface area (TPSA) is 145 Å². The van der Waals surface area contributed by atoms with Gasteiger partial charge in [-0.05, 0) is 18.4 Å². The largest absolute Gasteiger partial charge is 0.494 e. The summed E-state index contributed by atoms with van der Waals surface area (Å²) in [5.41, 5.74) is 9.97. The summed E-state index contributed by atoms with van der Waals surface area (Å²) in [6.07, 6.45) is 8.03. The fourth-order valence-corrected chi connectivity index (χ4v) is 4.59. The summed E-state index contributed by atoms with van der Waals surface area (Å²) < 4.78 is 21.5. The van der Waals surface area contributed by atoms with Crippen LogP contribution in [0.3, 0.4) is 0 Å². The molecule has 0 aliphatic carbocycles. The second kappa shape index (κ2) is 9.10. The number of nitro groups is 1. The smallest absolute Gasteiger partial charge is 0.307 e. The first-order chi connectivity index (χ1) is 17.4. The van der Waals surface area contributed by atoms with Gasteiger partial charge in [0.05, 0.1) is 28.9 Å². The minimum absolute atomic E-state index is 0.0569. The standard InChI is InChI=1S/C25H22FN7O3/c1-36-22-8-19(26)21(33(34)35)9-20(22)30-25-29-12-17(15(10-27)11-28)23(31-25)18-13-32-7-3-5-14-4-2-6-16(18)24(14)32/h2,4,6,8-13,27H,3,5,7,28H2,1H3,(H,29,30,31)/b15-11+,27-10?. The highest BCUT2D eigenvalue weighted by Crippen LogP contribution is 2.38. The van der Waals surface area contributed by atoms with E-state index in [2.05, 4.69) is 20.9 Å². The molecule has 10 nitrogen and oxygen atoms in total. The van der Waals surface area contributed by atoms with Gasteiger partial charge in [0.2, 0.25) is 11.8 Å². The predicted octanol–water partition coefficient (Wildman–Crippen LogP) is 4.79. The molecule has 0 radical (unpaired) electrons. The molecule has 4 aromatic rings. The number of nitrogens with two attached hydrogens (primary N) is 1. The molecular formula is C25H22FN7O3. The summed E-state index contributed by atoms with van der Waals surface area (Å²) >= 11 is 0. The van der Waals surface area contributed by atoms with Gasteiger partial charge in [0.25, 0.3) is 0 Å². The number of nitrogens with zero attached hydrogens (tertiary/aromatic N) is 4. The number of anilines is 2. The van der Waals surface area contributed by atoms with Gasteiger partial charge in [-0.15, -0.1) is 0 Å². The van der Waals surface area contributed by atoms with Crippen molar-refractivity contribution < 1.29 is 14.1 Å². The zero-order valence-corrected chi connectivity index (χ0v) is 19.3. The van der Waals surface area contributed by atoms with Gasteiger partial charge >= 0.3 is 5.69 Å². The molecule has 0 amide bonds. The van der Waals surface area contributed by atoms with Gasteiger partial charge in [-0.2, -0.15) is 4.39 Å². The van der Waals surface area contributed by atoms with Crippen molar-refractivity contribution in [3.63, 3.8) is 0 Å². The highest BCUT2D eigenvalue weighted by molar-refractivity contribution is 6.11. The van der Waals surface area contributed by atoms with Crippen LogP contribution in [0.4, 0.5) is 21.7 Å². The zero-order valence-electron chi connectivity index (χ0n) is 19.3. The maximum atomic E-state index is 14.1. The molecule has 0 unspecified atom stereocenters. The molecule has 11 heteroatoms. The van der Waals surface area contributed by atoms with Crippen molar-refractivity contribution in [3.05, 3.63) is 76.0 Å². The molecule has 1 aliphatic heterocycles. The van der Waals surface area contributed by atoms with E-state index in [4.69, 9.17) is 20.9 Å². The highest BCUT2D eigenvalue weighted by atomic mass is 19.1. The van der Waals surface area contributed by atoms with Crippen molar-refractivity contribution >= 4 is 40.0 Å². The van der Waals surface area contributed by atoms with E-state index in [9.17, 15) is 14.5 Å². The first kappa shape index (κ1) is 23.0. The van der Waals surface area contributed by atoms with Crippen molar-refractivity contribution in [2.24, 2.45) is 5.73 Å². The van der Waals surface area contributed by atoms with Crippen LogP contribution in [0.15, 0.2) is 48.9 Å². The van der Waals surface area contributed by atoms with Crippen molar-refractivity contribution in [3.8, 4) is 17.0 Å². The Morgan fingerprint density at radius 1 is 1.39 bits per heavy atom. The third-order valence-corrected chi connectivity index (χ3v) is 6.23. The van der Waals surface area contributed by atoms with Crippen LogP contribution in [0.1, 0.15) is 17.5 Å². The molecule has 4 N–H and O–H groups in total. The van der Waals surface area contributed by atoms with Gasteiger partial charge in [-0.3, -0.25) is 10.1 Å². The average Bonchev–Trinajstić information content (AvgIpc) is 3.26. The first-order valence-electron chi connectivity index (χ1n) is 11.1. The Kier molecular flexibility index (Phi) is 5.80. The summed E-state index contributed by atoms with van der Waals surface area (Å²) in [6, 6.07) is 8.12. The lowest BCUT2D eigenvalue weighted by molar-refractivity contribution is -0.387. The van der Waals surface area contributed by atoms with Crippen molar-refractivity contribution in [2.45, 2.75) is 19.4 Å². The maximum absolute atomic E-state index is 14.1. The van der Waals surface area contributed by atoms with E-state index >= 15 is 0 Å². The van der Waals surface area contributed by atoms with Crippen molar-refractivity contribution in [1.29, 1.82) is 5.41 Å². The molecule has 1 aliphatic rings. The predicted molar refractivity (Wildman–Crippen MR) is 135 cm³/mol. The van der Waals surface area contributed by atoms with Crippen molar-refractivity contribution in [1.82, 2.24) is 14.5 Å². The van der Waals surface area contributed by atoms with Gasteiger partial charge in [0.1, 0.15) is 5.75 Å². The van der Waals surface area contributed by atoms with Gasteiger partial charge < -0.3 is 25.8 Å². The summed E-state index contributed by atoms with van der Waals surface area (Å²) in [5, 5.41) is 23.0. The molecule has 0 bridgehead atoms. The maximum Gasteiger partial charge on any atom is 0.307 e. The minimum atomic E-state index is -1.02. The number of halogens is 1. The van der Waals surface area contributed by atoms with Gasteiger partial charge in [-0.1, -0.05) is 18.2 Å². The summed E-state index contributed by atoms with van der Waals surface area (Å²) in [7, 11) is 1.33. The number of aromatic nitrogens is 3. The molecule has 0 atom stereocenters. The number of aryl methyl sites for hydroxylation is 2. The summed E-state index contributed by atoms with van der Waals surface area (Å²) in [5.74, 6) is -0.847. The third-order valence-electron chi connectivity index (χ3n) is 6.23. The second-order valence-corrected chi connectivity index (χ2v) is 8.26. The molecule has 2 aromatic carbocycles. The van der Waals surface area contributed by atoms with Crippen molar-refractivity contribution in [2.75, 3.05) is 12.4 Å². The van der Waals surface area contributed by atoms with E-state index in [1.54, 1.807) is 0 Å². The fraction of sp³-hybridized carbons (Fsp3) is 0.160. The number of allylic oxidation sites excluding steroid dienone is 1. The minimum Gasteiger partial charge on any atom is -0.494 e. The van der Waals surface area contributed by atoms with Crippen LogP contribution in [0.5, 0.6) is 5.75 Å². The van der Waals surface area contributed by atoms with E-state index < -0.39 is 16.4 Å². The van der Waals surface area contributed by atoms with Gasteiger partial charge in [-0.25, -0.2) is 9.97 Å². The zero-order chi connectivity index (χ0) is 25.4. The van der Waals surface area contributed by atoms with Crippen LogP contribution in [-0.2, 0) is 13.0 Å². The van der Waals surface area contributed by atoms with E-state index in [-0.39, 0.29) is 17.4 Å². The monoisotopic (exact) mass is 487 g/mol. The summed E-state index contributed by atoms with van der Waals surface area (Å²) in [4.78, 5) is 19.5. The lowest BCUT2D eigenvalue weighted by Gasteiger charge is -2.14. The normalized spacial score (nSPS) is 13.0. The summed E-state index contributed by atoms with van der Waals surface area (Å²) in [6.45, 7) is 0.875. The van der Waals surface area contributed by atoms with Crippen LogP contribution < -0.4 is 15.8 Å². The molecular weight excluding hydrogens is 465 g/mol. The molecule has 2 aromatic heterocycles. The van der Waals surface area contributed by atoms with Gasteiger partial charge in [0.15, 0.2) is 0 Å². The number of benzene rings is 2. The number of rotatable bonds is 7. The number of hydrogen-bond donors (Lipinski definition) is 3. The Balaban J connectivity index is 1.69. The molecule has 5 rings (SSSR count). The van der Waals surface area contributed by atoms with E-state index in [1.807, 2.05) is 18.3 Å². The Morgan fingerprint density at radius 3 is 2.94 bits per heavy atom.